The molecule has 0 saturated heterocycles. The number of amides is 2. The molecule has 8 nitrogen and oxygen atoms in total. The van der Waals surface area contributed by atoms with Crippen LogP contribution in [0, 0.1) is 13.8 Å². The molecule has 0 bridgehead atoms. The molecule has 33 heavy (non-hydrogen) atoms. The van der Waals surface area contributed by atoms with Crippen molar-refractivity contribution < 1.29 is 28.7 Å². The summed E-state index contributed by atoms with van der Waals surface area (Å²) in [5, 5.41) is 5.34. The summed E-state index contributed by atoms with van der Waals surface area (Å²) in [5.41, 5.74) is 3.39. The molecular weight excluding hydrogens is 424 g/mol. The highest BCUT2D eigenvalue weighted by atomic mass is 16.5. The number of aryl methyl sites for hydroxylation is 1. The van der Waals surface area contributed by atoms with Crippen LogP contribution >= 0.6 is 0 Å². The lowest BCUT2D eigenvalue weighted by Gasteiger charge is -2.11. The molecule has 0 unspecified atom stereocenters. The van der Waals surface area contributed by atoms with Crippen LogP contribution in [0.2, 0.25) is 0 Å². The van der Waals surface area contributed by atoms with Crippen LogP contribution in [-0.2, 0) is 23.9 Å². The monoisotopic (exact) mass is 454 g/mol. The van der Waals surface area contributed by atoms with Crippen molar-refractivity contribution in [3.05, 3.63) is 59.2 Å². The molecule has 2 rings (SSSR count). The Hall–Kier alpha value is -3.68. The van der Waals surface area contributed by atoms with Crippen molar-refractivity contribution in [2.24, 2.45) is 0 Å². The molecule has 2 N–H and O–H groups in total. The lowest BCUT2D eigenvalue weighted by atomic mass is 10.1. The Morgan fingerprint density at radius 3 is 2.39 bits per heavy atom. The number of hydrogen-bond acceptors (Lipinski definition) is 6. The number of ether oxygens (including phenoxy) is 2. The Morgan fingerprint density at radius 1 is 0.879 bits per heavy atom. The van der Waals surface area contributed by atoms with E-state index in [2.05, 4.69) is 10.6 Å². The first-order valence-corrected chi connectivity index (χ1v) is 10.9. The van der Waals surface area contributed by atoms with Gasteiger partial charge in [-0.1, -0.05) is 31.5 Å². The van der Waals surface area contributed by atoms with Crippen molar-refractivity contribution in [1.82, 2.24) is 0 Å². The van der Waals surface area contributed by atoms with Crippen LogP contribution in [0.4, 0.5) is 11.4 Å². The number of carbonyl (C=O) groups excluding carboxylic acids is 4. The van der Waals surface area contributed by atoms with E-state index in [4.69, 9.17) is 9.47 Å². The summed E-state index contributed by atoms with van der Waals surface area (Å²) in [6.07, 6.45) is 1.40. The zero-order chi connectivity index (χ0) is 24.2. The van der Waals surface area contributed by atoms with Crippen molar-refractivity contribution in [2.75, 3.05) is 23.8 Å². The number of anilines is 2. The molecule has 2 amide bonds. The smallest absolute Gasteiger partial charge is 0.338 e. The van der Waals surface area contributed by atoms with Crippen molar-refractivity contribution >= 4 is 35.1 Å². The van der Waals surface area contributed by atoms with Gasteiger partial charge in [-0.3, -0.25) is 14.4 Å². The molecule has 0 aliphatic heterocycles. The van der Waals surface area contributed by atoms with Gasteiger partial charge >= 0.3 is 11.9 Å². The predicted molar refractivity (Wildman–Crippen MR) is 125 cm³/mol. The van der Waals surface area contributed by atoms with Crippen LogP contribution in [0.15, 0.2) is 42.5 Å². The molecule has 2 aromatic rings. The molecule has 0 spiro atoms. The fourth-order valence-corrected chi connectivity index (χ4v) is 2.85. The third-order valence-corrected chi connectivity index (χ3v) is 4.91. The van der Waals surface area contributed by atoms with Gasteiger partial charge in [-0.25, -0.2) is 4.79 Å². The number of rotatable bonds is 11. The van der Waals surface area contributed by atoms with Gasteiger partial charge in [0.25, 0.3) is 5.91 Å². The van der Waals surface area contributed by atoms with Crippen molar-refractivity contribution in [3.63, 3.8) is 0 Å². The molecule has 0 saturated carbocycles. The number of nitrogens with one attached hydrogen (secondary N) is 2. The van der Waals surface area contributed by atoms with E-state index in [0.717, 1.165) is 24.0 Å². The molecule has 0 aliphatic rings. The number of carbonyl (C=O) groups is 4. The first kappa shape index (κ1) is 25.6. The summed E-state index contributed by atoms with van der Waals surface area (Å²) in [4.78, 5) is 48.1. The minimum Gasteiger partial charge on any atom is -0.462 e. The van der Waals surface area contributed by atoms with E-state index in [9.17, 15) is 19.2 Å². The van der Waals surface area contributed by atoms with E-state index in [1.54, 1.807) is 24.3 Å². The predicted octanol–water partition coefficient (Wildman–Crippen LogP) is 4.16. The van der Waals surface area contributed by atoms with Crippen LogP contribution in [0.3, 0.4) is 0 Å². The molecule has 0 radical (unpaired) electrons. The van der Waals surface area contributed by atoms with Crippen LogP contribution in [0.5, 0.6) is 0 Å². The Bertz CT molecular complexity index is 1000. The van der Waals surface area contributed by atoms with Crippen molar-refractivity contribution in [2.45, 2.75) is 46.5 Å². The quantitative estimate of drug-likeness (QED) is 0.390. The fourth-order valence-electron chi connectivity index (χ4n) is 2.85. The van der Waals surface area contributed by atoms with Gasteiger partial charge in [0, 0.05) is 17.8 Å². The Morgan fingerprint density at radius 2 is 1.64 bits per heavy atom. The van der Waals surface area contributed by atoms with E-state index in [-0.39, 0.29) is 12.8 Å². The van der Waals surface area contributed by atoms with Gasteiger partial charge in [0.15, 0.2) is 6.61 Å². The minimum atomic E-state index is -0.658. The van der Waals surface area contributed by atoms with Gasteiger partial charge in [-0.2, -0.15) is 0 Å². The van der Waals surface area contributed by atoms with Crippen LogP contribution < -0.4 is 10.6 Å². The lowest BCUT2D eigenvalue weighted by molar-refractivity contribution is -0.147. The highest BCUT2D eigenvalue weighted by Crippen LogP contribution is 2.18. The van der Waals surface area contributed by atoms with Gasteiger partial charge in [0.2, 0.25) is 5.91 Å². The van der Waals surface area contributed by atoms with Gasteiger partial charge in [0.1, 0.15) is 0 Å². The van der Waals surface area contributed by atoms with E-state index >= 15 is 0 Å². The first-order chi connectivity index (χ1) is 15.8. The SMILES string of the molecule is CCCCOC(=O)c1cccc(NC(=O)CCC(=O)OCC(=O)Nc2cccc(C)c2C)c1. The zero-order valence-electron chi connectivity index (χ0n) is 19.2. The van der Waals surface area contributed by atoms with E-state index in [1.165, 1.54) is 6.07 Å². The first-order valence-electron chi connectivity index (χ1n) is 10.9. The standard InChI is InChI=1S/C25H30N2O6/c1-4-5-14-32-25(31)19-9-7-10-20(15-19)26-22(28)12-13-24(30)33-16-23(29)27-21-11-6-8-17(2)18(21)3/h6-11,15H,4-5,12-14,16H2,1-3H3,(H,26,28)(H,27,29). The summed E-state index contributed by atoms with van der Waals surface area (Å²) in [5.74, 6) is -1.98. The molecule has 0 aliphatic carbocycles. The molecule has 8 heteroatoms. The van der Waals surface area contributed by atoms with Gasteiger partial charge < -0.3 is 20.1 Å². The second-order valence-electron chi connectivity index (χ2n) is 7.57. The third-order valence-electron chi connectivity index (χ3n) is 4.91. The summed E-state index contributed by atoms with van der Waals surface area (Å²) < 4.78 is 10.1. The van der Waals surface area contributed by atoms with E-state index in [1.807, 2.05) is 32.9 Å². The number of hydrogen-bond donors (Lipinski definition) is 2. The Kier molecular flexibility index (Phi) is 10.1. The van der Waals surface area contributed by atoms with Gasteiger partial charge in [-0.05, 0) is 55.7 Å². The maximum absolute atomic E-state index is 12.1. The number of benzene rings is 2. The highest BCUT2D eigenvalue weighted by Gasteiger charge is 2.13. The highest BCUT2D eigenvalue weighted by molar-refractivity contribution is 5.96. The average Bonchev–Trinajstić information content (AvgIpc) is 2.79. The second-order valence-corrected chi connectivity index (χ2v) is 7.57. The summed E-state index contributed by atoms with van der Waals surface area (Å²) in [6, 6.07) is 11.9. The van der Waals surface area contributed by atoms with E-state index < -0.39 is 30.4 Å². The largest absolute Gasteiger partial charge is 0.462 e. The van der Waals surface area contributed by atoms with Crippen molar-refractivity contribution in [1.29, 1.82) is 0 Å². The molecule has 176 valence electrons. The maximum atomic E-state index is 12.1. The normalized spacial score (nSPS) is 10.3. The molecule has 0 heterocycles. The van der Waals surface area contributed by atoms with Crippen LogP contribution in [0.1, 0.15) is 54.1 Å². The van der Waals surface area contributed by atoms with E-state index in [0.29, 0.717) is 23.5 Å². The molecular formula is C25H30N2O6. The minimum absolute atomic E-state index is 0.122. The zero-order valence-corrected chi connectivity index (χ0v) is 19.2. The molecule has 0 fully saturated rings. The fraction of sp³-hybridized carbons (Fsp3) is 0.360. The lowest BCUT2D eigenvalue weighted by Crippen LogP contribution is -2.22. The molecule has 2 aromatic carbocycles. The van der Waals surface area contributed by atoms with Crippen LogP contribution in [-0.4, -0.2) is 37.0 Å². The Labute approximate surface area is 193 Å². The average molecular weight is 455 g/mol. The summed E-state index contributed by atoms with van der Waals surface area (Å²) in [7, 11) is 0. The maximum Gasteiger partial charge on any atom is 0.338 e. The van der Waals surface area contributed by atoms with Gasteiger partial charge in [-0.15, -0.1) is 0 Å². The van der Waals surface area contributed by atoms with Crippen LogP contribution in [0.25, 0.3) is 0 Å². The third kappa shape index (κ3) is 8.76. The second kappa shape index (κ2) is 13.0. The molecule has 0 aromatic heterocycles. The van der Waals surface area contributed by atoms with Crippen molar-refractivity contribution in [3.8, 4) is 0 Å². The number of esters is 2. The molecule has 0 atom stereocenters. The number of unbranched alkanes of at least 4 members (excludes halogenated alkanes) is 1. The summed E-state index contributed by atoms with van der Waals surface area (Å²) >= 11 is 0. The summed E-state index contributed by atoms with van der Waals surface area (Å²) in [6.45, 7) is 5.74. The Balaban J connectivity index is 1.74. The topological polar surface area (TPSA) is 111 Å². The van der Waals surface area contributed by atoms with Gasteiger partial charge in [0.05, 0.1) is 18.6 Å².